The van der Waals surface area contributed by atoms with Gasteiger partial charge in [0.15, 0.2) is 5.78 Å². The lowest BCUT2D eigenvalue weighted by molar-refractivity contribution is -0.117. The first kappa shape index (κ1) is 20.2. The number of amides is 2. The van der Waals surface area contributed by atoms with E-state index < -0.39 is 23.3 Å². The van der Waals surface area contributed by atoms with Gasteiger partial charge in [0.05, 0.1) is 5.56 Å². The van der Waals surface area contributed by atoms with Crippen LogP contribution in [0.4, 0.5) is 14.5 Å². The van der Waals surface area contributed by atoms with Gasteiger partial charge in [-0.25, -0.2) is 8.78 Å². The molecule has 0 aliphatic carbocycles. The quantitative estimate of drug-likeness (QED) is 0.718. The standard InChI is InChI=1S/C23H22F2N2O3/c24-17-8-9-20(25)19(13-17)22(29)16-5-2-10-26(14-16)23(30)15-4-1-6-18(12-15)27-11-3-7-21(27)28/h1,4,6,8-9,12-13,16H,2-3,5,7,10-11,14H2/t16-/m0/s1. The van der Waals surface area contributed by atoms with Crippen LogP contribution in [0.15, 0.2) is 42.5 Å². The van der Waals surface area contributed by atoms with Crippen molar-refractivity contribution in [2.75, 3.05) is 24.5 Å². The third-order valence-electron chi connectivity index (χ3n) is 5.75. The lowest BCUT2D eigenvalue weighted by atomic mass is 9.89. The molecule has 5 nitrogen and oxygen atoms in total. The Morgan fingerprint density at radius 3 is 2.60 bits per heavy atom. The SMILES string of the molecule is O=C(c1cc(F)ccc1F)[C@H]1CCCN(C(=O)c2cccc(N3CCCC3=O)c2)C1. The van der Waals surface area contributed by atoms with Crippen molar-refractivity contribution in [1.82, 2.24) is 4.90 Å². The summed E-state index contributed by atoms with van der Waals surface area (Å²) in [5, 5.41) is 0. The van der Waals surface area contributed by atoms with Gasteiger partial charge in [-0.2, -0.15) is 0 Å². The van der Waals surface area contributed by atoms with Gasteiger partial charge in [0, 0.05) is 43.2 Å². The molecule has 7 heteroatoms. The normalized spacial score (nSPS) is 19.3. The number of likely N-dealkylation sites (tertiary alicyclic amines) is 1. The number of hydrogen-bond acceptors (Lipinski definition) is 3. The number of benzene rings is 2. The number of carbonyl (C=O) groups is 3. The molecule has 0 N–H and O–H groups in total. The summed E-state index contributed by atoms with van der Waals surface area (Å²) in [7, 11) is 0. The van der Waals surface area contributed by atoms with Crippen LogP contribution in [0.2, 0.25) is 0 Å². The van der Waals surface area contributed by atoms with E-state index in [1.54, 1.807) is 34.1 Å². The van der Waals surface area contributed by atoms with Gasteiger partial charge in [-0.15, -0.1) is 0 Å². The molecule has 2 aliphatic rings. The summed E-state index contributed by atoms with van der Waals surface area (Å²) in [6, 6.07) is 9.75. The van der Waals surface area contributed by atoms with Crippen LogP contribution < -0.4 is 4.90 Å². The lowest BCUT2D eigenvalue weighted by Crippen LogP contribution is -2.42. The predicted molar refractivity (Wildman–Crippen MR) is 107 cm³/mol. The van der Waals surface area contributed by atoms with Crippen molar-refractivity contribution in [2.24, 2.45) is 5.92 Å². The van der Waals surface area contributed by atoms with E-state index in [1.807, 2.05) is 0 Å². The molecule has 0 radical (unpaired) electrons. The van der Waals surface area contributed by atoms with Crippen molar-refractivity contribution in [3.8, 4) is 0 Å². The molecule has 2 amide bonds. The van der Waals surface area contributed by atoms with Crippen LogP contribution in [-0.4, -0.2) is 42.1 Å². The summed E-state index contributed by atoms with van der Waals surface area (Å²) >= 11 is 0. The largest absolute Gasteiger partial charge is 0.338 e. The maximum absolute atomic E-state index is 14.0. The zero-order valence-corrected chi connectivity index (χ0v) is 16.4. The summed E-state index contributed by atoms with van der Waals surface area (Å²) in [4.78, 5) is 41.1. The molecule has 0 unspecified atom stereocenters. The van der Waals surface area contributed by atoms with Crippen LogP contribution >= 0.6 is 0 Å². The first-order valence-corrected chi connectivity index (χ1v) is 10.1. The van der Waals surface area contributed by atoms with Crippen LogP contribution in [0.5, 0.6) is 0 Å². The summed E-state index contributed by atoms with van der Waals surface area (Å²) < 4.78 is 27.5. The Hall–Kier alpha value is -3.09. The zero-order chi connectivity index (χ0) is 21.3. The Morgan fingerprint density at radius 2 is 1.83 bits per heavy atom. The summed E-state index contributed by atoms with van der Waals surface area (Å²) in [5.74, 6) is -2.69. The van der Waals surface area contributed by atoms with Crippen LogP contribution in [0.3, 0.4) is 0 Å². The van der Waals surface area contributed by atoms with E-state index in [2.05, 4.69) is 0 Å². The Kier molecular flexibility index (Phi) is 5.61. The van der Waals surface area contributed by atoms with Crippen molar-refractivity contribution in [3.05, 3.63) is 65.2 Å². The molecule has 2 saturated heterocycles. The van der Waals surface area contributed by atoms with E-state index in [0.717, 1.165) is 24.6 Å². The van der Waals surface area contributed by atoms with E-state index >= 15 is 0 Å². The highest BCUT2D eigenvalue weighted by molar-refractivity contribution is 6.01. The smallest absolute Gasteiger partial charge is 0.253 e. The molecule has 30 heavy (non-hydrogen) atoms. The van der Waals surface area contributed by atoms with Crippen LogP contribution in [-0.2, 0) is 4.79 Å². The highest BCUT2D eigenvalue weighted by Gasteiger charge is 2.31. The summed E-state index contributed by atoms with van der Waals surface area (Å²) in [6.45, 7) is 1.28. The fourth-order valence-electron chi connectivity index (χ4n) is 4.19. The van der Waals surface area contributed by atoms with Crippen molar-refractivity contribution < 1.29 is 23.2 Å². The molecule has 0 aromatic heterocycles. The second kappa shape index (κ2) is 8.34. The fourth-order valence-corrected chi connectivity index (χ4v) is 4.19. The van der Waals surface area contributed by atoms with E-state index in [4.69, 9.17) is 0 Å². The number of carbonyl (C=O) groups excluding carboxylic acids is 3. The van der Waals surface area contributed by atoms with Crippen LogP contribution in [0.25, 0.3) is 0 Å². The fraction of sp³-hybridized carbons (Fsp3) is 0.348. The van der Waals surface area contributed by atoms with Gasteiger partial charge in [0.1, 0.15) is 11.6 Å². The lowest BCUT2D eigenvalue weighted by Gasteiger charge is -2.32. The Morgan fingerprint density at radius 1 is 1.00 bits per heavy atom. The third-order valence-corrected chi connectivity index (χ3v) is 5.75. The minimum atomic E-state index is -0.757. The predicted octanol–water partition coefficient (Wildman–Crippen LogP) is 3.83. The number of ketones is 1. The zero-order valence-electron chi connectivity index (χ0n) is 16.4. The maximum atomic E-state index is 14.0. The van der Waals surface area contributed by atoms with E-state index in [-0.39, 0.29) is 23.9 Å². The monoisotopic (exact) mass is 412 g/mol. The number of rotatable bonds is 4. The van der Waals surface area contributed by atoms with Gasteiger partial charge >= 0.3 is 0 Å². The van der Waals surface area contributed by atoms with Gasteiger partial charge in [-0.3, -0.25) is 14.4 Å². The Bertz CT molecular complexity index is 1010. The van der Waals surface area contributed by atoms with E-state index in [9.17, 15) is 23.2 Å². The molecule has 2 heterocycles. The van der Waals surface area contributed by atoms with Gasteiger partial charge in [0.2, 0.25) is 5.91 Å². The highest BCUT2D eigenvalue weighted by atomic mass is 19.1. The molecule has 2 aromatic carbocycles. The number of Topliss-reactive ketones (excluding diaryl/α,β-unsaturated/α-hetero) is 1. The Labute approximate surface area is 173 Å². The first-order chi connectivity index (χ1) is 14.4. The first-order valence-electron chi connectivity index (χ1n) is 10.1. The van der Waals surface area contributed by atoms with Crippen molar-refractivity contribution in [2.45, 2.75) is 25.7 Å². The number of halogens is 2. The third kappa shape index (κ3) is 3.97. The number of hydrogen-bond donors (Lipinski definition) is 0. The average molecular weight is 412 g/mol. The molecule has 0 saturated carbocycles. The molecule has 156 valence electrons. The van der Waals surface area contributed by atoms with Gasteiger partial charge in [0.25, 0.3) is 5.91 Å². The molecular formula is C23H22F2N2O3. The average Bonchev–Trinajstić information content (AvgIpc) is 3.20. The molecule has 0 bridgehead atoms. The topological polar surface area (TPSA) is 57.7 Å². The Balaban J connectivity index is 1.51. The molecule has 0 spiro atoms. The van der Waals surface area contributed by atoms with Gasteiger partial charge in [-0.05, 0) is 55.7 Å². The number of nitrogens with zero attached hydrogens (tertiary/aromatic N) is 2. The molecule has 2 fully saturated rings. The van der Waals surface area contributed by atoms with Crippen molar-refractivity contribution in [1.29, 1.82) is 0 Å². The van der Waals surface area contributed by atoms with Crippen molar-refractivity contribution in [3.63, 3.8) is 0 Å². The maximum Gasteiger partial charge on any atom is 0.253 e. The number of anilines is 1. The second-order valence-electron chi connectivity index (χ2n) is 7.78. The van der Waals surface area contributed by atoms with Gasteiger partial charge in [-0.1, -0.05) is 6.07 Å². The second-order valence-corrected chi connectivity index (χ2v) is 7.78. The molecule has 4 rings (SSSR count). The highest BCUT2D eigenvalue weighted by Crippen LogP contribution is 2.26. The molecule has 2 aromatic rings. The van der Waals surface area contributed by atoms with E-state index in [0.29, 0.717) is 43.6 Å². The molecular weight excluding hydrogens is 390 g/mol. The summed E-state index contributed by atoms with van der Waals surface area (Å²) in [5.41, 5.74) is 0.857. The minimum Gasteiger partial charge on any atom is -0.338 e. The van der Waals surface area contributed by atoms with Crippen LogP contribution in [0, 0.1) is 17.6 Å². The minimum absolute atomic E-state index is 0.0420. The molecule has 1 atom stereocenters. The summed E-state index contributed by atoms with van der Waals surface area (Å²) in [6.07, 6.45) is 2.42. The number of piperidine rings is 1. The van der Waals surface area contributed by atoms with Crippen LogP contribution in [0.1, 0.15) is 46.4 Å². The molecule has 2 aliphatic heterocycles. The van der Waals surface area contributed by atoms with Gasteiger partial charge < -0.3 is 9.80 Å². The van der Waals surface area contributed by atoms with E-state index in [1.165, 1.54) is 0 Å². The van der Waals surface area contributed by atoms with Crippen molar-refractivity contribution >= 4 is 23.3 Å².